The van der Waals surface area contributed by atoms with Crippen LogP contribution in [0.3, 0.4) is 0 Å². The number of hydrogen-bond donors (Lipinski definition) is 1. The quantitative estimate of drug-likeness (QED) is 0.800. The number of hydrogen-bond acceptors (Lipinski definition) is 1. The minimum Gasteiger partial charge on any atom is -0.317 e. The highest BCUT2D eigenvalue weighted by Gasteiger charge is 2.00. The summed E-state index contributed by atoms with van der Waals surface area (Å²) in [6, 6.07) is 6.38. The first kappa shape index (κ1) is 10.7. The van der Waals surface area contributed by atoms with Gasteiger partial charge in [-0.05, 0) is 43.6 Å². The highest BCUT2D eigenvalue weighted by atomic mass is 79.9. The summed E-state index contributed by atoms with van der Waals surface area (Å²) in [5.74, 6) is 0. The largest absolute Gasteiger partial charge is 0.317 e. The summed E-state index contributed by atoms with van der Waals surface area (Å²) in [5, 5.41) is 3.33. The van der Waals surface area contributed by atoms with Gasteiger partial charge in [0.1, 0.15) is 0 Å². The Morgan fingerprint density at radius 2 is 2.15 bits per heavy atom. The maximum Gasteiger partial charge on any atom is 0.0207 e. The standard InChI is InChI=1S/C11H16BrN/c1-3-13-8-7-10-5-4-6-11(12)9(10)2/h4-6,13H,3,7-8H2,1-2H3. The Morgan fingerprint density at radius 1 is 1.38 bits per heavy atom. The zero-order valence-corrected chi connectivity index (χ0v) is 9.82. The summed E-state index contributed by atoms with van der Waals surface area (Å²) < 4.78 is 1.21. The lowest BCUT2D eigenvalue weighted by Gasteiger charge is -2.07. The van der Waals surface area contributed by atoms with Crippen molar-refractivity contribution in [2.24, 2.45) is 0 Å². The fourth-order valence-electron chi connectivity index (χ4n) is 1.32. The zero-order chi connectivity index (χ0) is 9.68. The van der Waals surface area contributed by atoms with Crippen molar-refractivity contribution in [1.82, 2.24) is 5.32 Å². The second-order valence-electron chi connectivity index (χ2n) is 3.13. The molecular weight excluding hydrogens is 226 g/mol. The fraction of sp³-hybridized carbons (Fsp3) is 0.455. The molecule has 1 nitrogen and oxygen atoms in total. The van der Waals surface area contributed by atoms with Gasteiger partial charge in [0.15, 0.2) is 0 Å². The van der Waals surface area contributed by atoms with E-state index in [9.17, 15) is 0 Å². The maximum atomic E-state index is 3.53. The lowest BCUT2D eigenvalue weighted by Crippen LogP contribution is -2.16. The van der Waals surface area contributed by atoms with Crippen LogP contribution in [0.4, 0.5) is 0 Å². The van der Waals surface area contributed by atoms with Gasteiger partial charge in [-0.2, -0.15) is 0 Å². The number of nitrogens with one attached hydrogen (secondary N) is 1. The van der Waals surface area contributed by atoms with Crippen molar-refractivity contribution in [3.63, 3.8) is 0 Å². The average Bonchev–Trinajstić information content (AvgIpc) is 2.13. The van der Waals surface area contributed by atoms with Crippen LogP contribution in [0.1, 0.15) is 18.1 Å². The third kappa shape index (κ3) is 3.12. The number of halogens is 1. The van der Waals surface area contributed by atoms with Gasteiger partial charge in [-0.25, -0.2) is 0 Å². The van der Waals surface area contributed by atoms with Crippen LogP contribution >= 0.6 is 15.9 Å². The predicted octanol–water partition coefficient (Wildman–Crippen LogP) is 2.91. The predicted molar refractivity (Wildman–Crippen MR) is 61.1 cm³/mol. The summed E-state index contributed by atoms with van der Waals surface area (Å²) in [6.45, 7) is 6.40. The molecule has 0 bridgehead atoms. The van der Waals surface area contributed by atoms with Crippen LogP contribution in [0.2, 0.25) is 0 Å². The van der Waals surface area contributed by atoms with Gasteiger partial charge in [0.2, 0.25) is 0 Å². The first-order chi connectivity index (χ1) is 6.25. The molecule has 0 amide bonds. The molecule has 0 unspecified atom stereocenters. The third-order valence-electron chi connectivity index (χ3n) is 2.20. The van der Waals surface area contributed by atoms with E-state index in [2.05, 4.69) is 53.3 Å². The Hall–Kier alpha value is -0.340. The molecule has 0 fully saturated rings. The summed E-state index contributed by atoms with van der Waals surface area (Å²) in [5.41, 5.74) is 2.79. The van der Waals surface area contributed by atoms with Crippen LogP contribution in [0, 0.1) is 6.92 Å². The molecule has 0 aliphatic carbocycles. The molecule has 72 valence electrons. The van der Waals surface area contributed by atoms with E-state index < -0.39 is 0 Å². The molecule has 0 aliphatic rings. The molecule has 0 saturated heterocycles. The number of benzene rings is 1. The van der Waals surface area contributed by atoms with E-state index in [1.54, 1.807) is 0 Å². The van der Waals surface area contributed by atoms with Gasteiger partial charge in [-0.3, -0.25) is 0 Å². The van der Waals surface area contributed by atoms with Gasteiger partial charge in [0.25, 0.3) is 0 Å². The molecule has 13 heavy (non-hydrogen) atoms. The lowest BCUT2D eigenvalue weighted by molar-refractivity contribution is 0.715. The van der Waals surface area contributed by atoms with Crippen molar-refractivity contribution in [2.45, 2.75) is 20.3 Å². The van der Waals surface area contributed by atoms with Crippen LogP contribution in [0.15, 0.2) is 22.7 Å². The molecule has 1 aromatic carbocycles. The van der Waals surface area contributed by atoms with E-state index in [4.69, 9.17) is 0 Å². The second-order valence-corrected chi connectivity index (χ2v) is 3.98. The molecule has 1 rings (SSSR count). The molecule has 0 aliphatic heterocycles. The Bertz CT molecular complexity index is 271. The van der Waals surface area contributed by atoms with Crippen molar-refractivity contribution >= 4 is 15.9 Å². The second kappa shape index (κ2) is 5.40. The van der Waals surface area contributed by atoms with E-state index in [-0.39, 0.29) is 0 Å². The summed E-state index contributed by atoms with van der Waals surface area (Å²) in [4.78, 5) is 0. The molecule has 0 atom stereocenters. The van der Waals surface area contributed by atoms with Gasteiger partial charge in [0, 0.05) is 4.47 Å². The molecule has 1 aromatic rings. The summed E-state index contributed by atoms with van der Waals surface area (Å²) in [6.07, 6.45) is 1.11. The van der Waals surface area contributed by atoms with Crippen molar-refractivity contribution < 1.29 is 0 Å². The smallest absolute Gasteiger partial charge is 0.0207 e. The van der Waals surface area contributed by atoms with Gasteiger partial charge >= 0.3 is 0 Å². The first-order valence-electron chi connectivity index (χ1n) is 4.70. The minimum absolute atomic E-state index is 1.05. The molecule has 0 radical (unpaired) electrons. The van der Waals surface area contributed by atoms with Crippen LogP contribution in [-0.4, -0.2) is 13.1 Å². The molecule has 2 heteroatoms. The topological polar surface area (TPSA) is 12.0 Å². The Labute approximate surface area is 88.7 Å². The number of rotatable bonds is 4. The van der Waals surface area contributed by atoms with Crippen molar-refractivity contribution in [3.8, 4) is 0 Å². The zero-order valence-electron chi connectivity index (χ0n) is 8.23. The van der Waals surface area contributed by atoms with Gasteiger partial charge < -0.3 is 5.32 Å². The van der Waals surface area contributed by atoms with E-state index in [1.807, 2.05) is 0 Å². The van der Waals surface area contributed by atoms with E-state index in [0.29, 0.717) is 0 Å². The van der Waals surface area contributed by atoms with Crippen LogP contribution in [0.25, 0.3) is 0 Å². The molecule has 1 N–H and O–H groups in total. The monoisotopic (exact) mass is 241 g/mol. The molecule has 0 aromatic heterocycles. The average molecular weight is 242 g/mol. The van der Waals surface area contributed by atoms with Crippen LogP contribution < -0.4 is 5.32 Å². The maximum absolute atomic E-state index is 3.53. The van der Waals surface area contributed by atoms with Crippen molar-refractivity contribution in [2.75, 3.05) is 13.1 Å². The minimum atomic E-state index is 1.05. The van der Waals surface area contributed by atoms with Crippen molar-refractivity contribution in [3.05, 3.63) is 33.8 Å². The molecular formula is C11H16BrN. The fourth-order valence-corrected chi connectivity index (χ4v) is 1.73. The normalized spacial score (nSPS) is 10.4. The van der Waals surface area contributed by atoms with Crippen LogP contribution in [0.5, 0.6) is 0 Å². The molecule has 0 heterocycles. The lowest BCUT2D eigenvalue weighted by atomic mass is 10.1. The summed E-state index contributed by atoms with van der Waals surface area (Å²) in [7, 11) is 0. The third-order valence-corrected chi connectivity index (χ3v) is 3.06. The first-order valence-corrected chi connectivity index (χ1v) is 5.49. The van der Waals surface area contributed by atoms with Gasteiger partial charge in [0.05, 0.1) is 0 Å². The summed E-state index contributed by atoms with van der Waals surface area (Å²) >= 11 is 3.53. The van der Waals surface area contributed by atoms with E-state index in [0.717, 1.165) is 19.5 Å². The molecule has 0 saturated carbocycles. The van der Waals surface area contributed by atoms with Crippen LogP contribution in [-0.2, 0) is 6.42 Å². The molecule has 0 spiro atoms. The van der Waals surface area contributed by atoms with Crippen molar-refractivity contribution in [1.29, 1.82) is 0 Å². The number of likely N-dealkylation sites (N-methyl/N-ethyl adjacent to an activating group) is 1. The SMILES string of the molecule is CCNCCc1cccc(Br)c1C. The van der Waals surface area contributed by atoms with E-state index >= 15 is 0 Å². The highest BCUT2D eigenvalue weighted by molar-refractivity contribution is 9.10. The van der Waals surface area contributed by atoms with Gasteiger partial charge in [-0.1, -0.05) is 35.0 Å². The Morgan fingerprint density at radius 3 is 2.85 bits per heavy atom. The van der Waals surface area contributed by atoms with E-state index in [1.165, 1.54) is 15.6 Å². The Kier molecular flexibility index (Phi) is 4.46. The highest BCUT2D eigenvalue weighted by Crippen LogP contribution is 2.19. The van der Waals surface area contributed by atoms with Gasteiger partial charge in [-0.15, -0.1) is 0 Å². The Balaban J connectivity index is 2.61.